The molecule has 3 fully saturated rings. The van der Waals surface area contributed by atoms with Crippen molar-refractivity contribution in [2.24, 2.45) is 46.0 Å². The number of amides is 1. The zero-order chi connectivity index (χ0) is 71.3. The molecule has 5 aliphatic heterocycles. The Morgan fingerprint density at radius 1 is 0.949 bits per heavy atom. The van der Waals surface area contributed by atoms with Gasteiger partial charge in [-0.3, -0.25) is 24.2 Å². The molecule has 5 heterocycles. The predicted molar refractivity (Wildman–Crippen MR) is 374 cm³/mol. The van der Waals surface area contributed by atoms with Crippen LogP contribution in [0, 0.1) is 71.2 Å². The number of ketones is 2. The van der Waals surface area contributed by atoms with Crippen molar-refractivity contribution in [3.05, 3.63) is 99.4 Å². The molecular weight excluding hydrogens is 1260 g/mol. The van der Waals surface area contributed by atoms with Gasteiger partial charge >= 0.3 is 11.8 Å². The number of nitrogens with zero attached hydrogens (tertiary/aromatic N) is 3. The molecule has 3 aromatic carbocycles. The van der Waals surface area contributed by atoms with Crippen LogP contribution in [0.2, 0.25) is 19.6 Å². The molecule has 1 amide bonds. The number of carbonyl (C=O) groups excluding carboxylic acids is 4. The van der Waals surface area contributed by atoms with Gasteiger partial charge in [-0.25, -0.2) is 0 Å². The lowest BCUT2D eigenvalue weighted by Gasteiger charge is -2.53. The first-order valence-electron chi connectivity index (χ1n) is 34.4. The smallest absolute Gasteiger partial charge is 0.312 e. The first-order chi connectivity index (χ1) is 46.2. The molecule has 0 aromatic heterocycles. The highest BCUT2D eigenvalue weighted by atomic mass is 28.3. The first kappa shape index (κ1) is 72.8. The van der Waals surface area contributed by atoms with Crippen LogP contribution < -0.4 is 24.6 Å². The van der Waals surface area contributed by atoms with E-state index in [1.165, 1.54) is 81.7 Å². The number of anilines is 1. The number of nitrogens with one attached hydrogen (secondary N) is 1. The standard InChI is InChI=1S/C49H68N4O12Si.C28H30O4/c1-27-16-14-17-28(2)48(61)51-39-34(26-50-52-19-22-53(9,23-20-52)21-15-25-66(11,12)13)43(58)36-37(44(39)59)42(57)32(6)46-38(36)47(60)49(8,65-46)63-24-18-35(62-10)29(3)45(64-33(7)54)31(5)41(56)30(4)40(27)55;1-3-11-28(30)12-10-23-21-7-4-17-13-19(29)6-8-20(17)26(21)22(15-27(23,28)2)18-5-9-24-25(14-18)32-16-31-24/h14,16-18,24,26-27,29-31,35,40-41,45,55-56H,19-23H2,1-13H3,(H3-,50,51,57,58,59,60,61);5,9,13-14,21-23,30H,4,6-8,10,12,15-16H2,1-2H3/b16-14+,24-18+,28-17-;/t27-,29+,30+,31+,35-,40-,41+,45+,49-;21-,22+,23-,27-,28-/m00/s1. The number of hydrazone groups is 1. The average Bonchev–Trinajstić information content (AvgIpc) is 1.41. The van der Waals surface area contributed by atoms with Gasteiger partial charge in [0.1, 0.15) is 43.6 Å². The van der Waals surface area contributed by atoms with E-state index in [2.05, 4.69) is 79.5 Å². The second-order valence-corrected chi connectivity index (χ2v) is 34.7. The lowest BCUT2D eigenvalue weighted by Crippen LogP contribution is -2.56. The number of aliphatic hydroxyl groups excluding tert-OH is 2. The van der Waals surface area contributed by atoms with Gasteiger partial charge in [0.25, 0.3) is 11.7 Å². The van der Waals surface area contributed by atoms with Crippen LogP contribution in [0.1, 0.15) is 140 Å². The van der Waals surface area contributed by atoms with E-state index < -0.39 is 108 Å². The molecule has 14 atom stereocenters. The minimum Gasteiger partial charge on any atom is -0.872 e. The SMILES string of the molecule is CC#C[C@]1(O)CC[C@H]2[C@@H]3CCC4=CC(=O)CCC4=C3[C@@H](c3ccc4c(c3)OCO4)C[C@@]21C.CO[C@H]1/C=C/O[C@@]2(C)Oc3c(C)c([O-])c4c(O)c(c(/C=N/N5CC[N+](C)(CC#C[Si](C)(C)C)CC5)c(O)c4c3C2=O)NC(=O)/C(C)=C\C=C\[C@H](C)[C@H](O)[C@@H](C)[C@@H](O)[C@@H](C)[C@H](OC(C)=O)[C@@H]1C. The second-order valence-electron chi connectivity index (χ2n) is 30.0. The van der Waals surface area contributed by atoms with E-state index in [0.717, 1.165) is 67.6 Å². The van der Waals surface area contributed by atoms with E-state index in [0.29, 0.717) is 37.9 Å². The van der Waals surface area contributed by atoms with Crippen molar-refractivity contribution in [3.8, 4) is 57.8 Å². The minimum atomic E-state index is -2.09. The van der Waals surface area contributed by atoms with E-state index in [4.69, 9.17) is 28.4 Å². The number of benzene rings is 3. The number of likely N-dealkylation sites (N-methyl/N-ethyl adjacent to an activating group) is 1. The molecule has 9 aliphatic rings. The number of esters is 1. The zero-order valence-electron chi connectivity index (χ0n) is 59.4. The number of allylic oxidation sites excluding steroid dienone is 6. The summed E-state index contributed by atoms with van der Waals surface area (Å²) in [5.41, 5.74) is 7.03. The van der Waals surface area contributed by atoms with Gasteiger partial charge in [0.2, 0.25) is 6.79 Å². The molecule has 0 radical (unpaired) electrons. The lowest BCUT2D eigenvalue weighted by molar-refractivity contribution is -0.906. The van der Waals surface area contributed by atoms with E-state index in [-0.39, 0.29) is 63.0 Å². The Morgan fingerprint density at radius 2 is 1.66 bits per heavy atom. The molecule has 0 unspecified atom stereocenters. The normalized spacial score (nSPS) is 32.7. The molecule has 526 valence electrons. The summed E-state index contributed by atoms with van der Waals surface area (Å²) in [6.45, 7) is 26.6. The van der Waals surface area contributed by atoms with Gasteiger partial charge < -0.3 is 68.9 Å². The van der Waals surface area contributed by atoms with Crippen molar-refractivity contribution < 1.29 is 82.7 Å². The summed E-state index contributed by atoms with van der Waals surface area (Å²) in [5, 5.41) is 81.6. The summed E-state index contributed by atoms with van der Waals surface area (Å²) in [6, 6.07) is 6.31. The maximum Gasteiger partial charge on any atom is 0.312 e. The molecular formula is C77H98N4O16Si. The van der Waals surface area contributed by atoms with E-state index in [1.807, 2.05) is 19.1 Å². The zero-order valence-corrected chi connectivity index (χ0v) is 60.4. The van der Waals surface area contributed by atoms with E-state index >= 15 is 0 Å². The molecule has 4 aliphatic carbocycles. The van der Waals surface area contributed by atoms with Crippen molar-refractivity contribution in [2.45, 2.75) is 176 Å². The maximum atomic E-state index is 14.6. The highest BCUT2D eigenvalue weighted by Crippen LogP contribution is 2.67. The molecule has 20 nitrogen and oxygen atoms in total. The fourth-order valence-electron chi connectivity index (χ4n) is 16.2. The van der Waals surface area contributed by atoms with Gasteiger partial charge in [-0.2, -0.15) is 5.10 Å². The van der Waals surface area contributed by atoms with Gasteiger partial charge in [0.15, 0.2) is 17.3 Å². The number of Topliss-reactive ketones (excluding diaryl/α,β-unsaturated/α-hetero) is 1. The first-order valence-corrected chi connectivity index (χ1v) is 37.9. The Bertz CT molecular complexity index is 4000. The number of phenolic OH excluding ortho intramolecular Hbond substituents is 2. The van der Waals surface area contributed by atoms with Crippen molar-refractivity contribution in [3.63, 3.8) is 0 Å². The molecule has 0 spiro atoms. The molecule has 2 saturated carbocycles. The summed E-state index contributed by atoms with van der Waals surface area (Å²) in [6.07, 6.45) is 12.8. The number of phenols is 2. The van der Waals surface area contributed by atoms with Crippen LogP contribution in [-0.4, -0.2) is 162 Å². The minimum absolute atomic E-state index is 0.0583. The second kappa shape index (κ2) is 28.4. The quantitative estimate of drug-likeness (QED) is 0.0255. The van der Waals surface area contributed by atoms with Crippen molar-refractivity contribution in [2.75, 3.05) is 59.0 Å². The summed E-state index contributed by atoms with van der Waals surface area (Å²) in [7, 11) is 2.03. The van der Waals surface area contributed by atoms with Crippen LogP contribution >= 0.6 is 0 Å². The Balaban J connectivity index is 0.000000267. The third-order valence-electron chi connectivity index (χ3n) is 22.1. The van der Waals surface area contributed by atoms with Gasteiger partial charge in [-0.15, -0.1) is 11.5 Å². The van der Waals surface area contributed by atoms with Crippen LogP contribution in [0.25, 0.3) is 10.8 Å². The molecule has 98 heavy (non-hydrogen) atoms. The van der Waals surface area contributed by atoms with Crippen molar-refractivity contribution >= 4 is 54.2 Å². The fourth-order valence-corrected chi connectivity index (χ4v) is 16.8. The third kappa shape index (κ3) is 14.1. The summed E-state index contributed by atoms with van der Waals surface area (Å²) < 4.78 is 35.7. The number of hydrogen-bond donors (Lipinski definition) is 6. The van der Waals surface area contributed by atoms with Crippen LogP contribution in [0.5, 0.6) is 34.5 Å². The number of hydrogen-bond acceptors (Lipinski definition) is 18. The Labute approximate surface area is 577 Å². The number of ether oxygens (including phenoxy) is 6. The van der Waals surface area contributed by atoms with Gasteiger partial charge in [-0.1, -0.05) is 102 Å². The van der Waals surface area contributed by atoms with E-state index in [1.54, 1.807) is 44.9 Å². The lowest BCUT2D eigenvalue weighted by atomic mass is 9.51. The number of methoxy groups -OCH3 is 1. The number of aliphatic hydroxyl groups is 3. The highest BCUT2D eigenvalue weighted by Gasteiger charge is 2.63. The summed E-state index contributed by atoms with van der Waals surface area (Å²) in [4.78, 5) is 53.0. The maximum absolute atomic E-state index is 14.6. The summed E-state index contributed by atoms with van der Waals surface area (Å²) >= 11 is 0. The molecule has 6 N–H and O–H groups in total. The van der Waals surface area contributed by atoms with Gasteiger partial charge in [0.05, 0.1) is 80.8 Å². The monoisotopic (exact) mass is 1360 g/mol. The topological polar surface area (TPSA) is 276 Å². The van der Waals surface area contributed by atoms with E-state index in [9.17, 15) is 49.8 Å². The highest BCUT2D eigenvalue weighted by molar-refractivity contribution is 6.83. The third-order valence-corrected chi connectivity index (χ3v) is 23.0. The van der Waals surface area contributed by atoms with Crippen molar-refractivity contribution in [1.82, 2.24) is 5.01 Å². The van der Waals surface area contributed by atoms with Gasteiger partial charge in [0, 0.05) is 78.7 Å². The number of aromatic hydroxyl groups is 2. The van der Waals surface area contributed by atoms with Crippen LogP contribution in [0.3, 0.4) is 0 Å². The average molecular weight is 1360 g/mol. The number of quaternary nitrogens is 1. The van der Waals surface area contributed by atoms with Gasteiger partial charge in [-0.05, 0) is 118 Å². The number of rotatable bonds is 6. The number of fused-ring (bicyclic) bond motifs is 19. The Hall–Kier alpha value is -7.89. The molecule has 3 aromatic rings. The molecule has 21 heteroatoms. The van der Waals surface area contributed by atoms with Crippen LogP contribution in [-0.2, 0) is 28.6 Å². The molecule has 5 bridgehead atoms. The van der Waals surface area contributed by atoms with Crippen molar-refractivity contribution in [1.29, 1.82) is 0 Å². The molecule has 1 saturated heterocycles. The fraction of sp³-hybridized carbons (Fsp3) is 0.545. The summed E-state index contributed by atoms with van der Waals surface area (Å²) in [5.74, 6) is 3.58. The largest absolute Gasteiger partial charge is 0.872 e. The Kier molecular flexibility index (Phi) is 21.1. The Morgan fingerprint density at radius 3 is 2.35 bits per heavy atom. The van der Waals surface area contributed by atoms with Crippen LogP contribution in [0.4, 0.5) is 5.69 Å². The van der Waals surface area contributed by atoms with Crippen LogP contribution in [0.15, 0.2) is 82.2 Å². The number of piperazine rings is 1. The predicted octanol–water partition coefficient (Wildman–Crippen LogP) is 10.2. The molecule has 12 rings (SSSR count). The number of carbonyl (C=O) groups is 4.